The van der Waals surface area contributed by atoms with Crippen molar-refractivity contribution >= 4 is 18.3 Å². The number of nitrogens with one attached hydrogen (secondary N) is 1. The van der Waals surface area contributed by atoms with E-state index in [-0.39, 0.29) is 12.5 Å². The van der Waals surface area contributed by atoms with Crippen molar-refractivity contribution in [3.63, 3.8) is 0 Å². The average Bonchev–Trinajstić information content (AvgIpc) is 2.71. The molecule has 2 amide bonds. The van der Waals surface area contributed by atoms with Crippen LogP contribution in [0.1, 0.15) is 20.8 Å². The van der Waals surface area contributed by atoms with Gasteiger partial charge >= 0.3 is 6.09 Å². The van der Waals surface area contributed by atoms with E-state index in [2.05, 4.69) is 5.32 Å². The van der Waals surface area contributed by atoms with Crippen LogP contribution in [-0.4, -0.2) is 47.9 Å². The second kappa shape index (κ2) is 5.66. The summed E-state index contributed by atoms with van der Waals surface area (Å²) in [6, 6.07) is -0.530. The lowest BCUT2D eigenvalue weighted by Crippen LogP contribution is -2.44. The molecule has 0 bridgehead atoms. The Balaban J connectivity index is 2.38. The second-order valence-electron chi connectivity index (χ2n) is 4.96. The highest BCUT2D eigenvalue weighted by Crippen LogP contribution is 2.08. The number of hydrogen-bond acceptors (Lipinski definition) is 4. The molecule has 1 N–H and O–H groups in total. The molecule has 0 aromatic carbocycles. The largest absolute Gasteiger partial charge is 0.444 e. The quantitative estimate of drug-likeness (QED) is 0.587. The van der Waals surface area contributed by atoms with Gasteiger partial charge in [0.15, 0.2) is 0 Å². The molecule has 6 heteroatoms. The molecule has 18 heavy (non-hydrogen) atoms. The summed E-state index contributed by atoms with van der Waals surface area (Å²) in [7, 11) is 0. The molecule has 6 nitrogen and oxygen atoms in total. The molecular weight excluding hydrogens is 236 g/mol. The molecule has 0 aromatic rings. The molecule has 0 aromatic heterocycles. The fourth-order valence-corrected chi connectivity index (χ4v) is 1.49. The summed E-state index contributed by atoms with van der Waals surface area (Å²) in [4.78, 5) is 35.2. The Bertz CT molecular complexity index is 371. The number of hydrogen-bond donors (Lipinski definition) is 1. The van der Waals surface area contributed by atoms with Crippen LogP contribution in [0, 0.1) is 0 Å². The van der Waals surface area contributed by atoms with Crippen molar-refractivity contribution in [3.8, 4) is 0 Å². The van der Waals surface area contributed by atoms with Gasteiger partial charge in [0.25, 0.3) is 0 Å². The molecule has 0 spiro atoms. The standard InChI is InChI=1S/C12H18N2O4/c1-12(2,3)18-11(17)13-7-10(16)14-6-4-5-9(14)8-15/h4-5,8-9H,6-7H2,1-3H3,(H,13,17). The minimum absolute atomic E-state index is 0.180. The van der Waals surface area contributed by atoms with Crippen molar-refractivity contribution in [2.24, 2.45) is 0 Å². The smallest absolute Gasteiger partial charge is 0.408 e. The topological polar surface area (TPSA) is 75.7 Å². The first-order valence-corrected chi connectivity index (χ1v) is 5.72. The van der Waals surface area contributed by atoms with Crippen LogP contribution in [0.15, 0.2) is 12.2 Å². The van der Waals surface area contributed by atoms with Gasteiger partial charge in [-0.2, -0.15) is 0 Å². The third kappa shape index (κ3) is 4.20. The van der Waals surface area contributed by atoms with E-state index in [9.17, 15) is 14.4 Å². The summed E-state index contributed by atoms with van der Waals surface area (Å²) in [5, 5.41) is 2.36. The van der Waals surface area contributed by atoms with Crippen LogP contribution in [0.3, 0.4) is 0 Å². The Morgan fingerprint density at radius 2 is 2.17 bits per heavy atom. The van der Waals surface area contributed by atoms with Crippen molar-refractivity contribution in [2.75, 3.05) is 13.1 Å². The molecule has 0 aliphatic carbocycles. The minimum Gasteiger partial charge on any atom is -0.444 e. The van der Waals surface area contributed by atoms with Crippen molar-refractivity contribution in [3.05, 3.63) is 12.2 Å². The molecule has 1 heterocycles. The number of ether oxygens (including phenoxy) is 1. The number of alkyl carbamates (subject to hydrolysis) is 1. The predicted molar refractivity (Wildman–Crippen MR) is 64.9 cm³/mol. The molecule has 0 saturated heterocycles. The first kappa shape index (κ1) is 14.2. The molecule has 0 fully saturated rings. The van der Waals surface area contributed by atoms with E-state index in [1.807, 2.05) is 0 Å². The van der Waals surface area contributed by atoms with Gasteiger partial charge in [-0.1, -0.05) is 12.2 Å². The fourth-order valence-electron chi connectivity index (χ4n) is 1.49. The zero-order chi connectivity index (χ0) is 13.8. The van der Waals surface area contributed by atoms with Crippen molar-refractivity contribution < 1.29 is 19.1 Å². The van der Waals surface area contributed by atoms with Gasteiger partial charge in [0.1, 0.15) is 24.5 Å². The number of aldehydes is 1. The van der Waals surface area contributed by atoms with Crippen LogP contribution >= 0.6 is 0 Å². The lowest BCUT2D eigenvalue weighted by atomic mass is 10.2. The van der Waals surface area contributed by atoms with Crippen LogP contribution in [0.2, 0.25) is 0 Å². The molecule has 1 aliphatic rings. The van der Waals surface area contributed by atoms with Crippen LogP contribution in [0.25, 0.3) is 0 Å². The van der Waals surface area contributed by atoms with Crippen molar-refractivity contribution in [1.82, 2.24) is 10.2 Å². The summed E-state index contributed by atoms with van der Waals surface area (Å²) in [6.07, 6.45) is 3.43. The highest BCUT2D eigenvalue weighted by molar-refractivity contribution is 5.85. The van der Waals surface area contributed by atoms with E-state index < -0.39 is 17.7 Å². The third-order valence-electron chi connectivity index (χ3n) is 2.24. The van der Waals surface area contributed by atoms with Crippen LogP contribution in [-0.2, 0) is 14.3 Å². The molecule has 100 valence electrons. The molecule has 1 aliphatic heterocycles. The number of amides is 2. The first-order valence-electron chi connectivity index (χ1n) is 5.72. The molecule has 1 unspecified atom stereocenters. The van der Waals surface area contributed by atoms with Gasteiger partial charge in [-0.3, -0.25) is 4.79 Å². The average molecular weight is 254 g/mol. The second-order valence-corrected chi connectivity index (χ2v) is 4.96. The van der Waals surface area contributed by atoms with Gasteiger partial charge in [0.05, 0.1) is 0 Å². The fraction of sp³-hybridized carbons (Fsp3) is 0.583. The lowest BCUT2D eigenvalue weighted by Gasteiger charge is -2.22. The molecular formula is C12H18N2O4. The maximum absolute atomic E-state index is 11.7. The van der Waals surface area contributed by atoms with Crippen LogP contribution in [0.5, 0.6) is 0 Å². The summed E-state index contributed by atoms with van der Waals surface area (Å²) in [6.45, 7) is 5.42. The predicted octanol–water partition coefficient (Wildman–Crippen LogP) is 0.477. The minimum atomic E-state index is -0.648. The zero-order valence-corrected chi connectivity index (χ0v) is 10.8. The van der Waals surface area contributed by atoms with E-state index in [1.165, 1.54) is 4.90 Å². The molecule has 1 rings (SSSR count). The number of rotatable bonds is 3. The third-order valence-corrected chi connectivity index (χ3v) is 2.24. The van der Waals surface area contributed by atoms with Gasteiger partial charge in [0, 0.05) is 6.54 Å². The summed E-state index contributed by atoms with van der Waals surface area (Å²) in [5.74, 6) is -0.317. The molecule has 0 radical (unpaired) electrons. The van der Waals surface area contributed by atoms with Gasteiger partial charge in [-0.15, -0.1) is 0 Å². The Labute approximate surface area is 106 Å². The maximum Gasteiger partial charge on any atom is 0.408 e. The van der Waals surface area contributed by atoms with E-state index in [0.717, 1.165) is 0 Å². The Morgan fingerprint density at radius 3 is 2.72 bits per heavy atom. The first-order chi connectivity index (χ1) is 8.33. The Hall–Kier alpha value is -1.85. The van der Waals surface area contributed by atoms with Gasteiger partial charge in [-0.05, 0) is 20.8 Å². The SMILES string of the molecule is CC(C)(C)OC(=O)NCC(=O)N1CC=CC1C=O. The Morgan fingerprint density at radius 1 is 1.50 bits per heavy atom. The number of carbonyl (C=O) groups excluding carboxylic acids is 3. The highest BCUT2D eigenvalue weighted by Gasteiger charge is 2.24. The highest BCUT2D eigenvalue weighted by atomic mass is 16.6. The molecule has 0 saturated carbocycles. The number of carbonyl (C=O) groups is 3. The van der Waals surface area contributed by atoms with Crippen LogP contribution in [0.4, 0.5) is 4.79 Å². The van der Waals surface area contributed by atoms with E-state index in [1.54, 1.807) is 32.9 Å². The van der Waals surface area contributed by atoms with E-state index >= 15 is 0 Å². The summed E-state index contributed by atoms with van der Waals surface area (Å²) >= 11 is 0. The Kier molecular flexibility index (Phi) is 4.47. The van der Waals surface area contributed by atoms with Crippen LogP contribution < -0.4 is 5.32 Å². The van der Waals surface area contributed by atoms with Gasteiger partial charge in [0.2, 0.25) is 5.91 Å². The zero-order valence-electron chi connectivity index (χ0n) is 10.8. The monoisotopic (exact) mass is 254 g/mol. The summed E-state index contributed by atoms with van der Waals surface area (Å²) in [5.41, 5.74) is -0.604. The normalized spacial score (nSPS) is 18.6. The van der Waals surface area contributed by atoms with E-state index in [0.29, 0.717) is 12.8 Å². The lowest BCUT2D eigenvalue weighted by molar-refractivity contribution is -0.133. The van der Waals surface area contributed by atoms with Crippen molar-refractivity contribution in [1.29, 1.82) is 0 Å². The maximum atomic E-state index is 11.7. The van der Waals surface area contributed by atoms with E-state index in [4.69, 9.17) is 4.74 Å². The summed E-state index contributed by atoms with van der Waals surface area (Å²) < 4.78 is 5.00. The van der Waals surface area contributed by atoms with Gasteiger partial charge in [-0.25, -0.2) is 4.79 Å². The molecule has 1 atom stereocenters. The van der Waals surface area contributed by atoms with Gasteiger partial charge < -0.3 is 19.7 Å². The van der Waals surface area contributed by atoms with Crippen molar-refractivity contribution in [2.45, 2.75) is 32.4 Å². The number of nitrogens with zero attached hydrogens (tertiary/aromatic N) is 1.